The molecule has 21 nitrogen and oxygen atoms in total. The number of aliphatic hydroxyl groups excluding tert-OH is 1. The van der Waals surface area contributed by atoms with Crippen molar-refractivity contribution in [1.82, 2.24) is 55.4 Å². The van der Waals surface area contributed by atoms with Crippen molar-refractivity contribution < 1.29 is 38.9 Å². The molecule has 9 rings (SSSR count). The Morgan fingerprint density at radius 3 is 2.37 bits per heavy atom. The van der Waals surface area contributed by atoms with E-state index >= 15 is 0 Å². The predicted octanol–water partition coefficient (Wildman–Crippen LogP) is 9.18. The maximum atomic E-state index is 14.3. The van der Waals surface area contributed by atoms with E-state index in [1.165, 1.54) is 40.4 Å². The maximum absolute atomic E-state index is 14.3. The SMILES string of the molecule is Cc1cc(N(CCCC(=O)N(C)CCOCC(=O)N[C@H](C(=O)N2C[C@H](O)C[C@H]2C(=O)N[C@@H](C)c2ccc(-c3scnc3C)cc2)C(C)(C)C)c2ccc(-c3cnn(CC4CCCCC4)c3C)c(C(=O)O)n2)nnc1Nc1nc2ccccc2s1. The summed E-state index contributed by atoms with van der Waals surface area (Å²) >= 11 is 3.05. The summed E-state index contributed by atoms with van der Waals surface area (Å²) in [6.45, 7) is 13.8. The van der Waals surface area contributed by atoms with Crippen LogP contribution in [0, 0.1) is 32.1 Å². The molecule has 1 aliphatic carbocycles. The number of para-hydroxylation sites is 1. The van der Waals surface area contributed by atoms with Gasteiger partial charge in [-0.25, -0.2) is 19.7 Å². The van der Waals surface area contributed by atoms with Crippen LogP contribution in [-0.2, 0) is 30.5 Å². The number of carboxylic acid groups (broad SMARTS) is 1. The fourth-order valence-electron chi connectivity index (χ4n) is 10.9. The van der Waals surface area contributed by atoms with Crippen molar-refractivity contribution in [3.63, 3.8) is 0 Å². The lowest BCUT2D eigenvalue weighted by Crippen LogP contribution is -2.58. The molecule has 5 aromatic heterocycles. The molecule has 84 heavy (non-hydrogen) atoms. The van der Waals surface area contributed by atoms with Crippen LogP contribution in [-0.4, -0.2) is 143 Å². The Balaban J connectivity index is 0.806. The Morgan fingerprint density at radius 1 is 0.905 bits per heavy atom. The van der Waals surface area contributed by atoms with Gasteiger partial charge in [0.2, 0.25) is 23.6 Å². The molecule has 444 valence electrons. The molecule has 2 aliphatic rings. The van der Waals surface area contributed by atoms with Crippen molar-refractivity contribution in [3.05, 3.63) is 107 Å². The van der Waals surface area contributed by atoms with E-state index in [1.807, 2.05) is 108 Å². The van der Waals surface area contributed by atoms with Gasteiger partial charge in [0.15, 0.2) is 22.5 Å². The Hall–Kier alpha value is -7.73. The highest BCUT2D eigenvalue weighted by Crippen LogP contribution is 2.35. The minimum Gasteiger partial charge on any atom is -0.476 e. The molecular weight excluding hydrogens is 1110 g/mol. The molecule has 0 unspecified atom stereocenters. The number of anilines is 4. The van der Waals surface area contributed by atoms with Crippen LogP contribution < -0.4 is 20.9 Å². The number of likely N-dealkylation sites (N-methyl/N-ethyl adjacent to an activating group) is 1. The molecule has 1 saturated carbocycles. The van der Waals surface area contributed by atoms with Crippen LogP contribution in [0.5, 0.6) is 0 Å². The summed E-state index contributed by atoms with van der Waals surface area (Å²) in [6.07, 6.45) is 7.20. The molecule has 1 saturated heterocycles. The molecule has 1 aliphatic heterocycles. The molecule has 2 fully saturated rings. The number of nitrogens with one attached hydrogen (secondary N) is 3. The molecule has 6 heterocycles. The van der Waals surface area contributed by atoms with Gasteiger partial charge >= 0.3 is 5.97 Å². The summed E-state index contributed by atoms with van der Waals surface area (Å²) < 4.78 is 8.74. The van der Waals surface area contributed by atoms with Gasteiger partial charge in [-0.2, -0.15) is 5.10 Å². The first kappa shape index (κ1) is 60.8. The standard InChI is InChI=1S/C61H75N13O8S2/c1-36-29-50(69-70-56(36)68-60-65-46-17-12-13-18-48(46)84-60)72(49-25-24-44(53(66-49)59(80)81)45-31-63-74(39(45)4)32-40-15-10-9-11-16-40)26-14-19-52(77)71(8)27-28-82-34-51(76)67-55(61(5,6)7)58(79)73-33-43(75)30-47(73)57(78)64-37(2)41-20-22-42(23-21-41)54-38(3)62-35-83-54/h12-13,17-18,20-25,29,31,35,37,40,43,47,55,75H,9-11,14-16,19,26-28,30,32-34H2,1-8H3,(H,64,78)(H,67,76)(H,80,81)(H,65,68,70)/t37-,43+,47-,55+/m0/s1. The van der Waals surface area contributed by atoms with Gasteiger partial charge in [0.25, 0.3) is 0 Å². The lowest BCUT2D eigenvalue weighted by atomic mass is 9.85. The number of aromatic nitrogens is 7. The van der Waals surface area contributed by atoms with Crippen LogP contribution in [0.15, 0.2) is 78.4 Å². The number of benzene rings is 2. The number of amides is 4. The number of carboxylic acids is 1. The van der Waals surface area contributed by atoms with E-state index in [4.69, 9.17) is 9.72 Å². The molecule has 2 aromatic carbocycles. The maximum Gasteiger partial charge on any atom is 0.355 e. The number of pyridine rings is 1. The smallest absolute Gasteiger partial charge is 0.355 e. The Labute approximate surface area is 497 Å². The zero-order chi connectivity index (χ0) is 59.8. The van der Waals surface area contributed by atoms with E-state index in [0.29, 0.717) is 46.1 Å². The van der Waals surface area contributed by atoms with Crippen LogP contribution in [0.3, 0.4) is 0 Å². The quantitative estimate of drug-likeness (QED) is 0.0374. The number of aryl methyl sites for hydroxylation is 2. The number of β-amino-alcohol motifs (C(OH)–C–C–N with tert-alkyl or cyclic N) is 1. The van der Waals surface area contributed by atoms with Crippen LogP contribution in [0.4, 0.5) is 22.6 Å². The number of carbonyl (C=O) groups excluding carboxylic acids is 4. The second-order valence-corrected chi connectivity index (χ2v) is 24.9. The van der Waals surface area contributed by atoms with Crippen LogP contribution >= 0.6 is 22.7 Å². The molecule has 0 radical (unpaired) electrons. The number of ether oxygens (including phenoxy) is 1. The Bertz CT molecular complexity index is 3450. The Kier molecular flexibility index (Phi) is 19.5. The third-order valence-corrected chi connectivity index (χ3v) is 17.7. The number of thiazole rings is 2. The van der Waals surface area contributed by atoms with Gasteiger partial charge in [0.05, 0.1) is 51.2 Å². The minimum atomic E-state index is -1.20. The number of rotatable bonds is 23. The number of aromatic carboxylic acids is 1. The summed E-state index contributed by atoms with van der Waals surface area (Å²) in [4.78, 5) is 87.7. The summed E-state index contributed by atoms with van der Waals surface area (Å²) in [5, 5.41) is 45.0. The minimum absolute atomic E-state index is 0.0156. The second kappa shape index (κ2) is 26.9. The van der Waals surface area contributed by atoms with Gasteiger partial charge in [-0.3, -0.25) is 23.9 Å². The third kappa shape index (κ3) is 14.6. The first-order valence-corrected chi connectivity index (χ1v) is 30.3. The summed E-state index contributed by atoms with van der Waals surface area (Å²) in [7, 11) is 1.64. The van der Waals surface area contributed by atoms with Gasteiger partial charge in [-0.05, 0) is 105 Å². The van der Waals surface area contributed by atoms with E-state index in [2.05, 4.69) is 41.2 Å². The lowest BCUT2D eigenvalue weighted by Gasteiger charge is -2.35. The topological polar surface area (TPSA) is 263 Å². The van der Waals surface area contributed by atoms with E-state index in [1.54, 1.807) is 47.1 Å². The van der Waals surface area contributed by atoms with Gasteiger partial charge in [0.1, 0.15) is 24.5 Å². The number of nitrogens with zero attached hydrogens (tertiary/aromatic N) is 10. The van der Waals surface area contributed by atoms with Crippen LogP contribution in [0.25, 0.3) is 31.8 Å². The number of hydrogen-bond donors (Lipinski definition) is 5. The molecule has 4 amide bonds. The van der Waals surface area contributed by atoms with Crippen LogP contribution in [0.1, 0.15) is 118 Å². The van der Waals surface area contributed by atoms with Crippen molar-refractivity contribution in [3.8, 4) is 21.6 Å². The summed E-state index contributed by atoms with van der Waals surface area (Å²) in [5.74, 6) is -1.14. The average molecular weight is 1180 g/mol. The van der Waals surface area contributed by atoms with E-state index in [0.717, 1.165) is 62.6 Å². The van der Waals surface area contributed by atoms with Crippen LogP contribution in [0.2, 0.25) is 0 Å². The number of fused-ring (bicyclic) bond motifs is 1. The van der Waals surface area contributed by atoms with Gasteiger partial charge in [-0.15, -0.1) is 21.5 Å². The molecule has 7 aromatic rings. The highest BCUT2D eigenvalue weighted by atomic mass is 32.1. The van der Waals surface area contributed by atoms with Gasteiger partial charge in [0, 0.05) is 62.9 Å². The lowest BCUT2D eigenvalue weighted by molar-refractivity contribution is -0.144. The monoisotopic (exact) mass is 1180 g/mol. The highest BCUT2D eigenvalue weighted by molar-refractivity contribution is 7.22. The first-order valence-electron chi connectivity index (χ1n) is 28.6. The molecule has 0 spiro atoms. The summed E-state index contributed by atoms with van der Waals surface area (Å²) in [5.41, 5.74) is 7.33. The normalized spacial score (nSPS) is 16.3. The molecule has 0 bridgehead atoms. The number of likely N-dealkylation sites (tertiary alicyclic amines) is 1. The molecular formula is C61H75N13O8S2. The number of hydrogen-bond acceptors (Lipinski definition) is 17. The number of carbonyl (C=O) groups is 5. The zero-order valence-corrected chi connectivity index (χ0v) is 50.6. The highest BCUT2D eigenvalue weighted by Gasteiger charge is 2.45. The van der Waals surface area contributed by atoms with Crippen molar-refractivity contribution >= 4 is 85.1 Å². The fraction of sp³-hybridized carbons (Fsp3) is 0.459. The van der Waals surface area contributed by atoms with E-state index in [-0.39, 0.29) is 50.7 Å². The van der Waals surface area contributed by atoms with Gasteiger partial charge in [-0.1, -0.05) is 87.8 Å². The zero-order valence-electron chi connectivity index (χ0n) is 48.9. The molecule has 5 N–H and O–H groups in total. The second-order valence-electron chi connectivity index (χ2n) is 23.1. The van der Waals surface area contributed by atoms with Crippen molar-refractivity contribution in [2.24, 2.45) is 11.3 Å². The molecule has 4 atom stereocenters. The average Bonchev–Trinajstić information content (AvgIpc) is 4.17. The van der Waals surface area contributed by atoms with E-state index in [9.17, 15) is 34.2 Å². The van der Waals surface area contributed by atoms with Crippen molar-refractivity contribution in [1.29, 1.82) is 0 Å². The summed E-state index contributed by atoms with van der Waals surface area (Å²) in [6, 6.07) is 18.6. The predicted molar refractivity (Wildman–Crippen MR) is 324 cm³/mol. The number of aliphatic hydroxyl groups is 1. The van der Waals surface area contributed by atoms with Crippen molar-refractivity contribution in [2.75, 3.05) is 50.1 Å². The molecule has 23 heteroatoms. The first-order chi connectivity index (χ1) is 40.2. The van der Waals surface area contributed by atoms with E-state index < -0.39 is 59.9 Å². The Morgan fingerprint density at radius 2 is 1.67 bits per heavy atom. The third-order valence-electron chi connectivity index (χ3n) is 15.7. The largest absolute Gasteiger partial charge is 0.476 e. The van der Waals surface area contributed by atoms with Gasteiger partial charge < -0.3 is 45.6 Å². The van der Waals surface area contributed by atoms with Crippen molar-refractivity contribution in [2.45, 2.75) is 131 Å². The fourth-order valence-corrected chi connectivity index (χ4v) is 12.6.